The van der Waals surface area contributed by atoms with Crippen molar-refractivity contribution in [3.05, 3.63) is 29.8 Å². The maximum absolute atomic E-state index is 12.5. The SMILES string of the molecule is CC(C)C(=O)NNC(=O)c1ccc(S(=O)(=O)N2CCCCC2)cc1. The van der Waals surface area contributed by atoms with Crippen molar-refractivity contribution in [3.8, 4) is 0 Å². The summed E-state index contributed by atoms with van der Waals surface area (Å²) in [6, 6.07) is 5.72. The number of amides is 2. The maximum atomic E-state index is 12.5. The number of hydrazine groups is 1. The topological polar surface area (TPSA) is 95.6 Å². The molecule has 2 N–H and O–H groups in total. The summed E-state index contributed by atoms with van der Waals surface area (Å²) in [5.74, 6) is -1.04. The lowest BCUT2D eigenvalue weighted by Gasteiger charge is -2.25. The molecular formula is C16H23N3O4S. The number of carbonyl (C=O) groups is 2. The highest BCUT2D eigenvalue weighted by Gasteiger charge is 2.25. The number of piperidine rings is 1. The first-order chi connectivity index (χ1) is 11.3. The van der Waals surface area contributed by atoms with Crippen LogP contribution < -0.4 is 10.9 Å². The summed E-state index contributed by atoms with van der Waals surface area (Å²) in [5.41, 5.74) is 4.89. The number of hydrogen-bond acceptors (Lipinski definition) is 4. The molecule has 1 aromatic carbocycles. The Hall–Kier alpha value is -1.93. The zero-order valence-corrected chi connectivity index (χ0v) is 14.7. The number of hydrogen-bond donors (Lipinski definition) is 2. The van der Waals surface area contributed by atoms with Gasteiger partial charge in [-0.1, -0.05) is 20.3 Å². The molecule has 0 saturated carbocycles. The molecule has 24 heavy (non-hydrogen) atoms. The van der Waals surface area contributed by atoms with E-state index in [2.05, 4.69) is 10.9 Å². The fourth-order valence-corrected chi connectivity index (χ4v) is 3.88. The zero-order chi connectivity index (χ0) is 17.7. The van der Waals surface area contributed by atoms with Crippen LogP contribution in [0.3, 0.4) is 0 Å². The van der Waals surface area contributed by atoms with Crippen LogP contribution in [0, 0.1) is 5.92 Å². The van der Waals surface area contributed by atoms with Gasteiger partial charge in [0.1, 0.15) is 0 Å². The van der Waals surface area contributed by atoms with Crippen LogP contribution in [0.1, 0.15) is 43.5 Å². The highest BCUT2D eigenvalue weighted by Crippen LogP contribution is 2.20. The first-order valence-electron chi connectivity index (χ1n) is 8.03. The molecule has 2 rings (SSSR count). The van der Waals surface area contributed by atoms with Crippen molar-refractivity contribution in [2.24, 2.45) is 5.92 Å². The number of rotatable bonds is 4. The van der Waals surface area contributed by atoms with Gasteiger partial charge >= 0.3 is 0 Å². The van der Waals surface area contributed by atoms with Crippen LogP contribution >= 0.6 is 0 Å². The summed E-state index contributed by atoms with van der Waals surface area (Å²) in [6.07, 6.45) is 2.79. The molecular weight excluding hydrogens is 330 g/mol. The molecule has 2 amide bonds. The molecule has 8 heteroatoms. The molecule has 1 saturated heterocycles. The summed E-state index contributed by atoms with van der Waals surface area (Å²) in [6.45, 7) is 4.49. The van der Waals surface area contributed by atoms with Gasteiger partial charge in [0.2, 0.25) is 15.9 Å². The maximum Gasteiger partial charge on any atom is 0.269 e. The normalized spacial score (nSPS) is 16.0. The minimum atomic E-state index is -3.51. The van der Waals surface area contributed by atoms with E-state index in [0.29, 0.717) is 13.1 Å². The Morgan fingerprint density at radius 2 is 1.58 bits per heavy atom. The third kappa shape index (κ3) is 4.33. The van der Waals surface area contributed by atoms with E-state index in [1.165, 1.54) is 28.6 Å². The summed E-state index contributed by atoms with van der Waals surface area (Å²) in [7, 11) is -3.51. The number of nitrogens with one attached hydrogen (secondary N) is 2. The molecule has 0 aliphatic carbocycles. The molecule has 1 aromatic rings. The van der Waals surface area contributed by atoms with E-state index < -0.39 is 15.9 Å². The van der Waals surface area contributed by atoms with Crippen LogP contribution in [0.25, 0.3) is 0 Å². The fraction of sp³-hybridized carbons (Fsp3) is 0.500. The Morgan fingerprint density at radius 1 is 1.00 bits per heavy atom. The van der Waals surface area contributed by atoms with Crippen molar-refractivity contribution in [3.63, 3.8) is 0 Å². The second kappa shape index (κ2) is 7.76. The van der Waals surface area contributed by atoms with Crippen molar-refractivity contribution in [2.45, 2.75) is 38.0 Å². The largest absolute Gasteiger partial charge is 0.273 e. The van der Waals surface area contributed by atoms with Crippen molar-refractivity contribution < 1.29 is 18.0 Å². The van der Waals surface area contributed by atoms with Crippen LogP contribution in [0.4, 0.5) is 0 Å². The van der Waals surface area contributed by atoms with Crippen LogP contribution in [0.5, 0.6) is 0 Å². The smallest absolute Gasteiger partial charge is 0.269 e. The van der Waals surface area contributed by atoms with E-state index in [1.54, 1.807) is 13.8 Å². The van der Waals surface area contributed by atoms with Crippen LogP contribution in [-0.4, -0.2) is 37.6 Å². The Morgan fingerprint density at radius 3 is 2.12 bits per heavy atom. The molecule has 1 aliphatic rings. The van der Waals surface area contributed by atoms with Gasteiger partial charge in [-0.2, -0.15) is 4.31 Å². The monoisotopic (exact) mass is 353 g/mol. The minimum Gasteiger partial charge on any atom is -0.273 e. The van der Waals surface area contributed by atoms with E-state index in [4.69, 9.17) is 0 Å². The second-order valence-corrected chi connectivity index (χ2v) is 8.03. The number of nitrogens with zero attached hydrogens (tertiary/aromatic N) is 1. The molecule has 7 nitrogen and oxygen atoms in total. The van der Waals surface area contributed by atoms with Gasteiger partial charge in [0, 0.05) is 24.6 Å². The first-order valence-corrected chi connectivity index (χ1v) is 9.47. The average Bonchev–Trinajstić information content (AvgIpc) is 2.60. The van der Waals surface area contributed by atoms with Crippen LogP contribution in [0.2, 0.25) is 0 Å². The molecule has 1 heterocycles. The third-order valence-corrected chi connectivity index (χ3v) is 5.81. The molecule has 132 valence electrons. The van der Waals surface area contributed by atoms with Crippen molar-refractivity contribution >= 4 is 21.8 Å². The quantitative estimate of drug-likeness (QED) is 0.797. The molecule has 1 fully saturated rings. The lowest BCUT2D eigenvalue weighted by molar-refractivity contribution is -0.124. The summed E-state index contributed by atoms with van der Waals surface area (Å²) < 4.78 is 26.5. The van der Waals surface area contributed by atoms with Gasteiger partial charge in [0.05, 0.1) is 4.90 Å². The number of benzene rings is 1. The third-order valence-electron chi connectivity index (χ3n) is 3.89. The van der Waals surface area contributed by atoms with Crippen molar-refractivity contribution in [1.82, 2.24) is 15.2 Å². The van der Waals surface area contributed by atoms with Gasteiger partial charge in [-0.15, -0.1) is 0 Å². The molecule has 1 aliphatic heterocycles. The number of carbonyl (C=O) groups excluding carboxylic acids is 2. The van der Waals surface area contributed by atoms with E-state index in [0.717, 1.165) is 19.3 Å². The summed E-state index contributed by atoms with van der Waals surface area (Å²) >= 11 is 0. The minimum absolute atomic E-state index is 0.173. The van der Waals surface area contributed by atoms with Crippen molar-refractivity contribution in [2.75, 3.05) is 13.1 Å². The van der Waals surface area contributed by atoms with Gasteiger partial charge in [0.25, 0.3) is 5.91 Å². The molecule has 0 spiro atoms. The second-order valence-electron chi connectivity index (χ2n) is 6.09. The highest BCUT2D eigenvalue weighted by atomic mass is 32.2. The predicted molar refractivity (Wildman–Crippen MR) is 89.5 cm³/mol. The van der Waals surface area contributed by atoms with Crippen LogP contribution in [-0.2, 0) is 14.8 Å². The fourth-order valence-electron chi connectivity index (χ4n) is 2.37. The van der Waals surface area contributed by atoms with Gasteiger partial charge in [0.15, 0.2) is 0 Å². The van der Waals surface area contributed by atoms with E-state index in [9.17, 15) is 18.0 Å². The molecule has 0 aromatic heterocycles. The van der Waals surface area contributed by atoms with Crippen molar-refractivity contribution in [1.29, 1.82) is 0 Å². The zero-order valence-electron chi connectivity index (χ0n) is 13.9. The molecule has 0 unspecified atom stereocenters. The number of sulfonamides is 1. The van der Waals surface area contributed by atoms with Gasteiger partial charge in [-0.05, 0) is 37.1 Å². The Bertz CT molecular complexity index is 693. The van der Waals surface area contributed by atoms with Gasteiger partial charge in [-0.3, -0.25) is 20.4 Å². The standard InChI is InChI=1S/C16H23N3O4S/c1-12(2)15(20)17-18-16(21)13-6-8-14(9-7-13)24(22,23)19-10-4-3-5-11-19/h6-9,12H,3-5,10-11H2,1-2H3,(H,17,20)(H,18,21). The van der Waals surface area contributed by atoms with Crippen LogP contribution in [0.15, 0.2) is 29.2 Å². The van der Waals surface area contributed by atoms with Gasteiger partial charge < -0.3 is 0 Å². The molecule has 0 radical (unpaired) electrons. The Balaban J connectivity index is 2.04. The average molecular weight is 353 g/mol. The van der Waals surface area contributed by atoms with E-state index in [1.807, 2.05) is 0 Å². The Kier molecular flexibility index (Phi) is 5.95. The summed E-state index contributed by atoms with van der Waals surface area (Å²) in [5, 5.41) is 0. The highest BCUT2D eigenvalue weighted by molar-refractivity contribution is 7.89. The lowest BCUT2D eigenvalue weighted by Crippen LogP contribution is -2.43. The van der Waals surface area contributed by atoms with E-state index in [-0.39, 0.29) is 22.3 Å². The lowest BCUT2D eigenvalue weighted by atomic mass is 10.2. The summed E-state index contributed by atoms with van der Waals surface area (Å²) in [4.78, 5) is 23.6. The molecule has 0 atom stereocenters. The predicted octanol–water partition coefficient (Wildman–Crippen LogP) is 1.28. The van der Waals surface area contributed by atoms with Gasteiger partial charge in [-0.25, -0.2) is 8.42 Å². The Labute approximate surface area is 142 Å². The molecule has 0 bridgehead atoms. The first kappa shape index (κ1) is 18.4. The van der Waals surface area contributed by atoms with E-state index >= 15 is 0 Å².